The van der Waals surface area contributed by atoms with Gasteiger partial charge in [-0.05, 0) is 55.9 Å². The highest BCUT2D eigenvalue weighted by molar-refractivity contribution is 7.89. The lowest BCUT2D eigenvalue weighted by molar-refractivity contribution is 0.247. The number of aromatic nitrogens is 2. The molecule has 1 saturated heterocycles. The standard InChI is InChI=1S/C22H24ClN3O3S/c1-15-6-3-4-8-19(15)22-24-21(29-25-22)12-17-7-5-11-26(14-17)30(27,28)20-13-18(23)10-9-16(20)2/h3-4,6,8-10,13,17H,5,7,11-12,14H2,1-2H3. The van der Waals surface area contributed by atoms with Gasteiger partial charge in [0.2, 0.25) is 21.7 Å². The van der Waals surface area contributed by atoms with Gasteiger partial charge in [0, 0.05) is 30.1 Å². The van der Waals surface area contributed by atoms with Crippen molar-refractivity contribution in [2.75, 3.05) is 13.1 Å². The number of piperidine rings is 1. The molecule has 0 saturated carbocycles. The Morgan fingerprint density at radius 2 is 1.97 bits per heavy atom. The summed E-state index contributed by atoms with van der Waals surface area (Å²) in [4.78, 5) is 4.82. The highest BCUT2D eigenvalue weighted by Crippen LogP contribution is 2.29. The van der Waals surface area contributed by atoms with Crippen molar-refractivity contribution in [1.82, 2.24) is 14.4 Å². The number of hydrogen-bond donors (Lipinski definition) is 0. The molecule has 0 spiro atoms. The predicted octanol–water partition coefficient (Wildman–Crippen LogP) is 4.65. The van der Waals surface area contributed by atoms with Crippen LogP contribution in [0, 0.1) is 19.8 Å². The molecule has 4 rings (SSSR count). The number of hydrogen-bond acceptors (Lipinski definition) is 5. The monoisotopic (exact) mass is 445 g/mol. The largest absolute Gasteiger partial charge is 0.339 e. The smallest absolute Gasteiger partial charge is 0.243 e. The van der Waals surface area contributed by atoms with Gasteiger partial charge >= 0.3 is 0 Å². The van der Waals surface area contributed by atoms with E-state index in [2.05, 4.69) is 10.1 Å². The van der Waals surface area contributed by atoms with E-state index in [0.29, 0.717) is 41.8 Å². The third-order valence-corrected chi connectivity index (χ3v) is 7.81. The second kappa shape index (κ2) is 8.49. The summed E-state index contributed by atoms with van der Waals surface area (Å²) in [5, 5.41) is 4.54. The molecule has 1 aliphatic rings. The SMILES string of the molecule is Cc1ccccc1-c1noc(CC2CCCN(S(=O)(=O)c3cc(Cl)ccc3C)C2)n1. The zero-order valence-electron chi connectivity index (χ0n) is 17.0. The highest BCUT2D eigenvalue weighted by atomic mass is 35.5. The van der Waals surface area contributed by atoms with E-state index in [1.54, 1.807) is 23.4 Å². The average molecular weight is 446 g/mol. The average Bonchev–Trinajstić information content (AvgIpc) is 3.18. The van der Waals surface area contributed by atoms with Crippen LogP contribution in [0.15, 0.2) is 51.9 Å². The fourth-order valence-corrected chi connectivity index (χ4v) is 5.96. The van der Waals surface area contributed by atoms with Gasteiger partial charge in [-0.2, -0.15) is 9.29 Å². The van der Waals surface area contributed by atoms with Crippen LogP contribution in [0.1, 0.15) is 29.9 Å². The Kier molecular flexibility index (Phi) is 5.95. The zero-order valence-corrected chi connectivity index (χ0v) is 18.6. The highest BCUT2D eigenvalue weighted by Gasteiger charge is 2.32. The van der Waals surface area contributed by atoms with Crippen molar-refractivity contribution < 1.29 is 12.9 Å². The van der Waals surface area contributed by atoms with Gasteiger partial charge in [0.15, 0.2) is 0 Å². The Morgan fingerprint density at radius 3 is 2.77 bits per heavy atom. The van der Waals surface area contributed by atoms with Crippen LogP contribution in [0.5, 0.6) is 0 Å². The molecule has 30 heavy (non-hydrogen) atoms. The van der Waals surface area contributed by atoms with Crippen LogP contribution >= 0.6 is 11.6 Å². The fraction of sp³-hybridized carbons (Fsp3) is 0.364. The predicted molar refractivity (Wildman–Crippen MR) is 116 cm³/mol. The number of halogens is 1. The van der Waals surface area contributed by atoms with Crippen molar-refractivity contribution in [3.63, 3.8) is 0 Å². The number of nitrogens with zero attached hydrogens (tertiary/aromatic N) is 3. The van der Waals surface area contributed by atoms with Crippen LogP contribution in [0.4, 0.5) is 0 Å². The molecule has 158 valence electrons. The summed E-state index contributed by atoms with van der Waals surface area (Å²) in [5.41, 5.74) is 2.72. The summed E-state index contributed by atoms with van der Waals surface area (Å²) in [5.74, 6) is 1.23. The quantitative estimate of drug-likeness (QED) is 0.571. The molecular formula is C22H24ClN3O3S. The molecule has 0 bridgehead atoms. The van der Waals surface area contributed by atoms with Crippen molar-refractivity contribution in [3.8, 4) is 11.4 Å². The van der Waals surface area contributed by atoms with Gasteiger partial charge in [0.25, 0.3) is 0 Å². The Morgan fingerprint density at radius 1 is 1.17 bits per heavy atom. The van der Waals surface area contributed by atoms with Crippen LogP contribution in [0.3, 0.4) is 0 Å². The Hall–Kier alpha value is -2.22. The molecule has 3 aromatic rings. The van der Waals surface area contributed by atoms with Crippen LogP contribution in [0.25, 0.3) is 11.4 Å². The van der Waals surface area contributed by atoms with Crippen LogP contribution in [-0.4, -0.2) is 36.0 Å². The molecule has 1 fully saturated rings. The molecule has 8 heteroatoms. The molecule has 0 N–H and O–H groups in total. The lowest BCUT2D eigenvalue weighted by Gasteiger charge is -2.31. The number of benzene rings is 2. The van der Waals surface area contributed by atoms with Gasteiger partial charge in [-0.15, -0.1) is 0 Å². The van der Waals surface area contributed by atoms with Crippen molar-refractivity contribution in [2.24, 2.45) is 5.92 Å². The Bertz CT molecular complexity index is 1160. The van der Waals surface area contributed by atoms with Gasteiger partial charge in [0.1, 0.15) is 0 Å². The second-order valence-corrected chi connectivity index (χ2v) is 10.2. The molecule has 0 radical (unpaired) electrons. The minimum absolute atomic E-state index is 0.123. The van der Waals surface area contributed by atoms with Crippen molar-refractivity contribution >= 4 is 21.6 Å². The third kappa shape index (κ3) is 4.29. The van der Waals surface area contributed by atoms with Crippen LogP contribution in [-0.2, 0) is 16.4 Å². The molecule has 1 atom stereocenters. The topological polar surface area (TPSA) is 76.3 Å². The van der Waals surface area contributed by atoms with E-state index < -0.39 is 10.0 Å². The van der Waals surface area contributed by atoms with Crippen molar-refractivity contribution in [3.05, 3.63) is 64.5 Å². The molecule has 2 aromatic carbocycles. The van der Waals surface area contributed by atoms with E-state index in [9.17, 15) is 8.42 Å². The van der Waals surface area contributed by atoms with E-state index in [0.717, 1.165) is 24.0 Å². The first-order valence-corrected chi connectivity index (χ1v) is 11.8. The Labute approximate surface area is 181 Å². The summed E-state index contributed by atoms with van der Waals surface area (Å²) in [6, 6.07) is 12.9. The van der Waals surface area contributed by atoms with Crippen LogP contribution < -0.4 is 0 Å². The van der Waals surface area contributed by atoms with E-state index >= 15 is 0 Å². The van der Waals surface area contributed by atoms with Gasteiger partial charge in [-0.25, -0.2) is 8.42 Å². The summed E-state index contributed by atoms with van der Waals surface area (Å²) < 4.78 is 33.4. The number of sulfonamides is 1. The van der Waals surface area contributed by atoms with E-state index in [-0.39, 0.29) is 10.8 Å². The molecule has 2 heterocycles. The molecule has 1 aliphatic heterocycles. The maximum absolute atomic E-state index is 13.2. The second-order valence-electron chi connectivity index (χ2n) is 7.81. The first kappa shape index (κ1) is 21.0. The van der Waals surface area contributed by atoms with E-state index in [1.165, 1.54) is 6.07 Å². The molecular weight excluding hydrogens is 422 g/mol. The molecule has 0 amide bonds. The minimum atomic E-state index is -3.60. The molecule has 1 aromatic heterocycles. The third-order valence-electron chi connectivity index (χ3n) is 5.57. The van der Waals surface area contributed by atoms with E-state index in [4.69, 9.17) is 16.1 Å². The minimum Gasteiger partial charge on any atom is -0.339 e. The lowest BCUT2D eigenvalue weighted by atomic mass is 9.96. The fourth-order valence-electron chi connectivity index (χ4n) is 3.92. The van der Waals surface area contributed by atoms with Gasteiger partial charge in [-0.3, -0.25) is 0 Å². The first-order chi connectivity index (χ1) is 14.3. The van der Waals surface area contributed by atoms with Crippen molar-refractivity contribution in [2.45, 2.75) is 38.0 Å². The first-order valence-electron chi connectivity index (χ1n) is 9.99. The van der Waals surface area contributed by atoms with Gasteiger partial charge in [-0.1, -0.05) is 47.1 Å². The Balaban J connectivity index is 1.50. The van der Waals surface area contributed by atoms with Crippen molar-refractivity contribution in [1.29, 1.82) is 0 Å². The molecule has 1 unspecified atom stereocenters. The molecule has 6 nitrogen and oxygen atoms in total. The summed E-state index contributed by atoms with van der Waals surface area (Å²) in [6.07, 6.45) is 2.27. The maximum Gasteiger partial charge on any atom is 0.243 e. The number of rotatable bonds is 5. The molecule has 0 aliphatic carbocycles. The summed E-state index contributed by atoms with van der Waals surface area (Å²) in [6.45, 7) is 4.72. The van der Waals surface area contributed by atoms with Crippen LogP contribution in [0.2, 0.25) is 5.02 Å². The van der Waals surface area contributed by atoms with E-state index in [1.807, 2.05) is 31.2 Å². The lowest BCUT2D eigenvalue weighted by Crippen LogP contribution is -2.40. The van der Waals surface area contributed by atoms with Gasteiger partial charge in [0.05, 0.1) is 4.90 Å². The normalized spacial score (nSPS) is 17.9. The maximum atomic E-state index is 13.2. The van der Waals surface area contributed by atoms with Gasteiger partial charge < -0.3 is 4.52 Å². The summed E-state index contributed by atoms with van der Waals surface area (Å²) in [7, 11) is -3.60. The zero-order chi connectivity index (χ0) is 21.3. The summed E-state index contributed by atoms with van der Waals surface area (Å²) >= 11 is 6.05. The number of aryl methyl sites for hydroxylation is 2.